The molecular formula is C35H36Cl2N6O2S. The predicted octanol–water partition coefficient (Wildman–Crippen LogP) is 7.66. The summed E-state index contributed by atoms with van der Waals surface area (Å²) in [5.74, 6) is -0.463. The van der Waals surface area contributed by atoms with Crippen LogP contribution in [-0.4, -0.2) is 42.3 Å². The molecule has 5 aromatic rings. The van der Waals surface area contributed by atoms with E-state index in [4.69, 9.17) is 23.2 Å². The summed E-state index contributed by atoms with van der Waals surface area (Å²) in [4.78, 5) is 41.7. The van der Waals surface area contributed by atoms with E-state index in [2.05, 4.69) is 20.0 Å². The van der Waals surface area contributed by atoms with Crippen molar-refractivity contribution in [3.05, 3.63) is 142 Å². The van der Waals surface area contributed by atoms with E-state index >= 15 is 0 Å². The molecule has 0 N–H and O–H groups in total. The molecule has 0 atom stereocenters. The Labute approximate surface area is 286 Å². The van der Waals surface area contributed by atoms with E-state index in [-0.39, 0.29) is 25.3 Å². The average molecular weight is 676 g/mol. The number of nitrogens with zero attached hydrogens (tertiary/aromatic N) is 6. The van der Waals surface area contributed by atoms with Gasteiger partial charge in [0.25, 0.3) is 11.8 Å². The molecule has 238 valence electrons. The van der Waals surface area contributed by atoms with Crippen molar-refractivity contribution in [1.29, 1.82) is 0 Å². The quantitative estimate of drug-likeness (QED) is 0.179. The van der Waals surface area contributed by atoms with Gasteiger partial charge in [0, 0.05) is 46.2 Å². The summed E-state index contributed by atoms with van der Waals surface area (Å²) in [5.41, 5.74) is 5.48. The summed E-state index contributed by atoms with van der Waals surface area (Å²) in [6, 6.07) is 21.9. The number of hydrogen-bond acceptors (Lipinski definition) is 4. The summed E-state index contributed by atoms with van der Waals surface area (Å²) in [5, 5.41) is 1.28. The SMILES string of the molecule is Cc1ccc(C(=O)N=C(c2ccc(Cl)cc2)c2cncn2C)cc1.Cn1cncc1C(=NC(=O)C(C)(C)C)c1ccc(Cl)cc1.S. The van der Waals surface area contributed by atoms with Crippen molar-refractivity contribution < 1.29 is 9.59 Å². The lowest BCUT2D eigenvalue weighted by Gasteiger charge is -2.15. The molecule has 5 rings (SSSR count). The first-order valence-electron chi connectivity index (χ1n) is 14.1. The average Bonchev–Trinajstić information content (AvgIpc) is 3.63. The molecule has 8 nitrogen and oxygen atoms in total. The van der Waals surface area contributed by atoms with Gasteiger partial charge in [-0.1, -0.05) is 85.9 Å². The van der Waals surface area contributed by atoms with Gasteiger partial charge in [-0.2, -0.15) is 13.5 Å². The summed E-state index contributed by atoms with van der Waals surface area (Å²) in [6.07, 6.45) is 6.75. The van der Waals surface area contributed by atoms with E-state index < -0.39 is 5.41 Å². The van der Waals surface area contributed by atoms with Crippen LogP contribution in [0, 0.1) is 12.3 Å². The number of aliphatic imine (C=N–C) groups is 2. The van der Waals surface area contributed by atoms with Gasteiger partial charge in [-0.05, 0) is 43.3 Å². The van der Waals surface area contributed by atoms with Crippen molar-refractivity contribution in [3.8, 4) is 0 Å². The number of aromatic nitrogens is 4. The molecule has 0 aliphatic heterocycles. The minimum absolute atomic E-state index is 0. The Morgan fingerprint density at radius 2 is 1.04 bits per heavy atom. The highest BCUT2D eigenvalue weighted by Crippen LogP contribution is 2.20. The van der Waals surface area contributed by atoms with Crippen molar-refractivity contribution >= 4 is 59.9 Å². The van der Waals surface area contributed by atoms with Gasteiger partial charge in [-0.25, -0.2) is 20.0 Å². The number of halogens is 2. The van der Waals surface area contributed by atoms with Gasteiger partial charge < -0.3 is 9.13 Å². The maximum atomic E-state index is 12.6. The molecule has 0 fully saturated rings. The second-order valence-electron chi connectivity index (χ2n) is 11.4. The van der Waals surface area contributed by atoms with Crippen molar-refractivity contribution in [1.82, 2.24) is 19.1 Å². The van der Waals surface area contributed by atoms with Crippen molar-refractivity contribution in [2.24, 2.45) is 29.5 Å². The molecule has 3 aromatic carbocycles. The zero-order valence-corrected chi connectivity index (χ0v) is 29.0. The van der Waals surface area contributed by atoms with E-state index in [0.29, 0.717) is 27.0 Å². The maximum absolute atomic E-state index is 12.6. The van der Waals surface area contributed by atoms with Crippen LogP contribution in [0.5, 0.6) is 0 Å². The molecule has 2 aromatic heterocycles. The number of imidazole rings is 2. The Balaban J connectivity index is 0.000000247. The molecule has 0 bridgehead atoms. The first kappa shape index (κ1) is 36.2. The fourth-order valence-corrected chi connectivity index (χ4v) is 4.31. The van der Waals surface area contributed by atoms with Gasteiger partial charge in [0.05, 0.1) is 47.9 Å². The fraction of sp³-hybridized carbons (Fsp3) is 0.200. The van der Waals surface area contributed by atoms with E-state index in [1.165, 1.54) is 0 Å². The Hall–Kier alpha value is -4.31. The van der Waals surface area contributed by atoms with Gasteiger partial charge in [-0.15, -0.1) is 0 Å². The molecule has 0 radical (unpaired) electrons. The van der Waals surface area contributed by atoms with Crippen LogP contribution >= 0.6 is 36.7 Å². The molecular weight excluding hydrogens is 639 g/mol. The van der Waals surface area contributed by atoms with Crippen molar-refractivity contribution in [2.45, 2.75) is 27.7 Å². The number of carbonyl (C=O) groups excluding carboxylic acids is 2. The molecule has 0 aliphatic rings. The van der Waals surface area contributed by atoms with Gasteiger partial charge in [0.2, 0.25) is 0 Å². The number of amides is 2. The van der Waals surface area contributed by atoms with Crippen LogP contribution in [0.2, 0.25) is 10.0 Å². The van der Waals surface area contributed by atoms with Gasteiger partial charge in [0.15, 0.2) is 0 Å². The first-order valence-corrected chi connectivity index (χ1v) is 14.9. The lowest BCUT2D eigenvalue weighted by molar-refractivity contribution is -0.124. The Kier molecular flexibility index (Phi) is 12.4. The summed E-state index contributed by atoms with van der Waals surface area (Å²) in [7, 11) is 3.74. The number of rotatable bonds is 5. The van der Waals surface area contributed by atoms with Crippen LogP contribution in [-0.2, 0) is 18.9 Å². The third-order valence-corrected chi connectivity index (χ3v) is 7.22. The third-order valence-electron chi connectivity index (χ3n) is 6.72. The van der Waals surface area contributed by atoms with Crippen LogP contribution in [0.1, 0.15) is 59.2 Å². The van der Waals surface area contributed by atoms with Crippen LogP contribution in [0.4, 0.5) is 0 Å². The molecule has 0 saturated heterocycles. The van der Waals surface area contributed by atoms with Crippen LogP contribution in [0.15, 0.2) is 108 Å². The van der Waals surface area contributed by atoms with Crippen LogP contribution < -0.4 is 0 Å². The lowest BCUT2D eigenvalue weighted by atomic mass is 9.95. The predicted molar refractivity (Wildman–Crippen MR) is 191 cm³/mol. The molecule has 2 amide bonds. The standard InChI is InChI=1S/C19H16ClN3O.C16H18ClN3O.H2S/c1-13-3-5-15(6-4-13)19(24)22-18(17-11-21-12-23(17)2)14-7-9-16(20)10-8-14;1-16(2,3)15(21)19-14(13-9-18-10-20(13)4)11-5-7-12(17)8-6-11;/h3-12H,1-2H3;5-10H,1-4H3;1H2. The highest BCUT2D eigenvalue weighted by Gasteiger charge is 2.23. The van der Waals surface area contributed by atoms with Crippen molar-refractivity contribution in [2.75, 3.05) is 0 Å². The molecule has 2 heterocycles. The van der Waals surface area contributed by atoms with E-state index in [0.717, 1.165) is 28.1 Å². The smallest absolute Gasteiger partial charge is 0.277 e. The first-order chi connectivity index (χ1) is 21.3. The largest absolute Gasteiger partial charge is 0.332 e. The second kappa shape index (κ2) is 15.8. The molecule has 0 aliphatic carbocycles. The van der Waals surface area contributed by atoms with E-state index in [1.54, 1.807) is 61.4 Å². The zero-order valence-electron chi connectivity index (χ0n) is 26.5. The Morgan fingerprint density at radius 1 is 0.652 bits per heavy atom. The Morgan fingerprint density at radius 3 is 1.41 bits per heavy atom. The summed E-state index contributed by atoms with van der Waals surface area (Å²) in [6.45, 7) is 7.52. The highest BCUT2D eigenvalue weighted by molar-refractivity contribution is 7.59. The van der Waals surface area contributed by atoms with Crippen LogP contribution in [0.3, 0.4) is 0 Å². The molecule has 11 heteroatoms. The maximum Gasteiger partial charge on any atom is 0.277 e. The number of hydrogen-bond donors (Lipinski definition) is 0. The van der Waals surface area contributed by atoms with E-state index in [9.17, 15) is 9.59 Å². The minimum Gasteiger partial charge on any atom is -0.332 e. The summed E-state index contributed by atoms with van der Waals surface area (Å²) < 4.78 is 3.67. The normalized spacial score (nSPS) is 11.7. The fourth-order valence-electron chi connectivity index (χ4n) is 4.06. The minimum atomic E-state index is -0.531. The highest BCUT2D eigenvalue weighted by atomic mass is 35.5. The van der Waals surface area contributed by atoms with Gasteiger partial charge >= 0.3 is 0 Å². The van der Waals surface area contributed by atoms with E-state index in [1.807, 2.05) is 87.3 Å². The molecule has 0 unspecified atom stereocenters. The monoisotopic (exact) mass is 674 g/mol. The number of carbonyl (C=O) groups is 2. The number of benzene rings is 3. The number of aryl methyl sites for hydroxylation is 3. The van der Waals surface area contributed by atoms with Gasteiger partial charge in [-0.3, -0.25) is 9.59 Å². The second-order valence-corrected chi connectivity index (χ2v) is 12.3. The molecule has 0 saturated carbocycles. The summed E-state index contributed by atoms with van der Waals surface area (Å²) >= 11 is 11.9. The van der Waals surface area contributed by atoms with Crippen LogP contribution in [0.25, 0.3) is 0 Å². The van der Waals surface area contributed by atoms with Gasteiger partial charge in [0.1, 0.15) is 0 Å². The zero-order chi connectivity index (χ0) is 32.7. The topological polar surface area (TPSA) is 94.5 Å². The lowest BCUT2D eigenvalue weighted by Crippen LogP contribution is -2.21. The Bertz CT molecular complexity index is 1850. The molecule has 0 spiro atoms. The molecule has 46 heavy (non-hydrogen) atoms. The van der Waals surface area contributed by atoms with Crippen molar-refractivity contribution in [3.63, 3.8) is 0 Å². The third kappa shape index (κ3) is 9.36.